The zero-order chi connectivity index (χ0) is 14.9. The van der Waals surface area contributed by atoms with Crippen molar-refractivity contribution >= 4 is 11.9 Å². The molecule has 3 rings (SSSR count). The normalized spacial score (nSPS) is 31.1. The van der Waals surface area contributed by atoms with E-state index in [2.05, 4.69) is 0 Å². The molecule has 0 aromatic heterocycles. The van der Waals surface area contributed by atoms with Crippen molar-refractivity contribution in [2.24, 2.45) is 17.3 Å². The first-order valence-corrected chi connectivity index (χ1v) is 8.21. The van der Waals surface area contributed by atoms with Crippen molar-refractivity contribution in [3.63, 3.8) is 0 Å². The molecule has 21 heavy (non-hydrogen) atoms. The van der Waals surface area contributed by atoms with Gasteiger partial charge in [-0.3, -0.25) is 9.59 Å². The van der Waals surface area contributed by atoms with Crippen molar-refractivity contribution in [3.8, 4) is 0 Å². The lowest BCUT2D eigenvalue weighted by Gasteiger charge is -2.41. The molecule has 1 unspecified atom stereocenters. The summed E-state index contributed by atoms with van der Waals surface area (Å²) in [7, 11) is 0. The zero-order valence-electron chi connectivity index (χ0n) is 12.6. The van der Waals surface area contributed by atoms with E-state index >= 15 is 0 Å². The van der Waals surface area contributed by atoms with Crippen LogP contribution in [0.15, 0.2) is 0 Å². The highest BCUT2D eigenvalue weighted by atomic mass is 16.5. The van der Waals surface area contributed by atoms with E-state index in [1.54, 1.807) is 0 Å². The Kier molecular flexibility index (Phi) is 4.20. The molecule has 118 valence electrons. The van der Waals surface area contributed by atoms with Crippen LogP contribution in [0.5, 0.6) is 0 Å². The summed E-state index contributed by atoms with van der Waals surface area (Å²) in [5.41, 5.74) is -0.694. The molecule has 0 radical (unpaired) electrons. The molecule has 1 atom stereocenters. The number of hydrogen-bond acceptors (Lipinski definition) is 3. The largest absolute Gasteiger partial charge is 0.481 e. The first-order chi connectivity index (χ1) is 10.1. The van der Waals surface area contributed by atoms with Crippen molar-refractivity contribution < 1.29 is 19.4 Å². The highest BCUT2D eigenvalue weighted by Gasteiger charge is 2.47. The minimum Gasteiger partial charge on any atom is -0.481 e. The van der Waals surface area contributed by atoms with Gasteiger partial charge in [-0.25, -0.2) is 0 Å². The van der Waals surface area contributed by atoms with Gasteiger partial charge >= 0.3 is 5.97 Å². The average Bonchev–Trinajstić information content (AvgIpc) is 3.31. The third-order valence-corrected chi connectivity index (χ3v) is 5.29. The van der Waals surface area contributed by atoms with Gasteiger partial charge < -0.3 is 14.7 Å². The number of likely N-dealkylation sites (tertiary alicyclic amines) is 1. The molecule has 5 nitrogen and oxygen atoms in total. The molecule has 0 spiro atoms. The molecule has 2 heterocycles. The average molecular weight is 295 g/mol. The smallest absolute Gasteiger partial charge is 0.311 e. The van der Waals surface area contributed by atoms with Gasteiger partial charge in [-0.1, -0.05) is 12.8 Å². The minimum absolute atomic E-state index is 0.0317. The Morgan fingerprint density at radius 2 is 1.90 bits per heavy atom. The molecule has 0 aromatic rings. The number of rotatable bonds is 4. The number of carboxylic acids is 1. The minimum atomic E-state index is -0.709. The van der Waals surface area contributed by atoms with Crippen LogP contribution in [0.4, 0.5) is 0 Å². The summed E-state index contributed by atoms with van der Waals surface area (Å²) in [5, 5.41) is 9.72. The molecule has 1 saturated carbocycles. The van der Waals surface area contributed by atoms with Gasteiger partial charge in [0.2, 0.25) is 5.91 Å². The third-order valence-electron chi connectivity index (χ3n) is 5.29. The van der Waals surface area contributed by atoms with Crippen LogP contribution < -0.4 is 0 Å². The number of aliphatic carboxylic acids is 1. The molecule has 1 aliphatic carbocycles. The van der Waals surface area contributed by atoms with Gasteiger partial charge in [0, 0.05) is 32.2 Å². The van der Waals surface area contributed by atoms with Crippen LogP contribution in [0.3, 0.4) is 0 Å². The molecule has 5 heteroatoms. The quantitative estimate of drug-likeness (QED) is 0.860. The van der Waals surface area contributed by atoms with Crippen LogP contribution >= 0.6 is 0 Å². The Bertz CT molecular complexity index is 415. The molecular formula is C16H25NO4. The summed E-state index contributed by atoms with van der Waals surface area (Å²) in [6.45, 7) is 2.43. The molecule has 2 saturated heterocycles. The number of hydrogen-bond donors (Lipinski definition) is 1. The fourth-order valence-electron chi connectivity index (χ4n) is 3.83. The van der Waals surface area contributed by atoms with Crippen LogP contribution in [0.2, 0.25) is 0 Å². The fourth-order valence-corrected chi connectivity index (χ4v) is 3.83. The van der Waals surface area contributed by atoms with E-state index in [1.165, 1.54) is 0 Å². The summed E-state index contributed by atoms with van der Waals surface area (Å²) in [6.07, 6.45) is 6.15. The standard InChI is InChI=1S/C16H25NO4/c18-14(13-4-8-21-9-5-13)17-7-1-6-16(11-17,15(19)20)10-12-2-3-12/h12-13H,1-11H2,(H,19,20). The number of carbonyl (C=O) groups excluding carboxylic acids is 1. The van der Waals surface area contributed by atoms with Crippen LogP contribution in [-0.4, -0.2) is 48.2 Å². The van der Waals surface area contributed by atoms with E-state index in [1.807, 2.05) is 4.90 Å². The van der Waals surface area contributed by atoms with Gasteiger partial charge in [0.25, 0.3) is 0 Å². The maximum Gasteiger partial charge on any atom is 0.311 e. The number of nitrogens with zero attached hydrogens (tertiary/aromatic N) is 1. The highest BCUT2D eigenvalue weighted by molar-refractivity contribution is 5.81. The SMILES string of the molecule is O=C(C1CCOCC1)N1CCCC(CC2CC2)(C(=O)O)C1. The lowest BCUT2D eigenvalue weighted by Crippen LogP contribution is -2.52. The lowest BCUT2D eigenvalue weighted by atomic mass is 9.75. The summed E-state index contributed by atoms with van der Waals surface area (Å²) in [4.78, 5) is 26.3. The molecular weight excluding hydrogens is 270 g/mol. The number of carboxylic acid groups (broad SMARTS) is 1. The monoisotopic (exact) mass is 295 g/mol. The fraction of sp³-hybridized carbons (Fsp3) is 0.875. The van der Waals surface area contributed by atoms with Gasteiger partial charge in [0.1, 0.15) is 0 Å². The topological polar surface area (TPSA) is 66.8 Å². The number of piperidine rings is 1. The van der Waals surface area contributed by atoms with Crippen molar-refractivity contribution in [1.82, 2.24) is 4.90 Å². The Labute approximate surface area is 125 Å². The Hall–Kier alpha value is -1.10. The molecule has 0 bridgehead atoms. The van der Waals surface area contributed by atoms with Gasteiger partial charge in [-0.15, -0.1) is 0 Å². The van der Waals surface area contributed by atoms with E-state index in [9.17, 15) is 14.7 Å². The summed E-state index contributed by atoms with van der Waals surface area (Å²) in [6, 6.07) is 0. The number of carbonyl (C=O) groups is 2. The maximum atomic E-state index is 12.6. The predicted octanol–water partition coefficient (Wildman–Crippen LogP) is 1.91. The molecule has 3 aliphatic rings. The van der Waals surface area contributed by atoms with E-state index in [0.717, 1.165) is 51.5 Å². The summed E-state index contributed by atoms with van der Waals surface area (Å²) in [5.74, 6) is 0.0433. The van der Waals surface area contributed by atoms with Crippen molar-refractivity contribution in [2.75, 3.05) is 26.3 Å². The lowest BCUT2D eigenvalue weighted by molar-refractivity contribution is -0.157. The second kappa shape index (κ2) is 5.95. The maximum absolute atomic E-state index is 12.6. The zero-order valence-corrected chi connectivity index (χ0v) is 12.6. The molecule has 1 N–H and O–H groups in total. The van der Waals surface area contributed by atoms with Crippen molar-refractivity contribution in [2.45, 2.75) is 44.9 Å². The molecule has 3 fully saturated rings. The van der Waals surface area contributed by atoms with Gasteiger partial charge in [0.05, 0.1) is 5.41 Å². The summed E-state index contributed by atoms with van der Waals surface area (Å²) >= 11 is 0. The second-order valence-electron chi connectivity index (χ2n) is 6.98. The Morgan fingerprint density at radius 1 is 1.19 bits per heavy atom. The van der Waals surface area contributed by atoms with Gasteiger partial charge in [0.15, 0.2) is 0 Å². The highest BCUT2D eigenvalue weighted by Crippen LogP contribution is 2.45. The molecule has 0 aromatic carbocycles. The Balaban J connectivity index is 1.68. The number of ether oxygens (including phenoxy) is 1. The third kappa shape index (κ3) is 3.23. The first-order valence-electron chi connectivity index (χ1n) is 8.21. The molecule has 1 amide bonds. The van der Waals surface area contributed by atoms with E-state index in [0.29, 0.717) is 25.7 Å². The van der Waals surface area contributed by atoms with Crippen molar-refractivity contribution in [3.05, 3.63) is 0 Å². The van der Waals surface area contributed by atoms with E-state index in [-0.39, 0.29) is 11.8 Å². The second-order valence-corrected chi connectivity index (χ2v) is 6.98. The number of amides is 1. The predicted molar refractivity (Wildman–Crippen MR) is 76.8 cm³/mol. The van der Waals surface area contributed by atoms with Crippen LogP contribution in [0.25, 0.3) is 0 Å². The van der Waals surface area contributed by atoms with Crippen LogP contribution in [0.1, 0.15) is 44.9 Å². The Morgan fingerprint density at radius 3 is 2.52 bits per heavy atom. The van der Waals surface area contributed by atoms with Gasteiger partial charge in [-0.2, -0.15) is 0 Å². The van der Waals surface area contributed by atoms with Gasteiger partial charge in [-0.05, 0) is 38.0 Å². The molecule has 2 aliphatic heterocycles. The van der Waals surface area contributed by atoms with E-state index in [4.69, 9.17) is 4.74 Å². The van der Waals surface area contributed by atoms with Crippen molar-refractivity contribution in [1.29, 1.82) is 0 Å². The first kappa shape index (κ1) is 14.8. The van der Waals surface area contributed by atoms with E-state index < -0.39 is 11.4 Å². The summed E-state index contributed by atoms with van der Waals surface area (Å²) < 4.78 is 5.31. The van der Waals surface area contributed by atoms with Crippen LogP contribution in [-0.2, 0) is 14.3 Å². The van der Waals surface area contributed by atoms with Crippen LogP contribution in [0, 0.1) is 17.3 Å².